The lowest BCUT2D eigenvalue weighted by molar-refractivity contribution is -0.146. The Balaban J connectivity index is 1.37. The zero-order valence-corrected chi connectivity index (χ0v) is 20.7. The van der Waals surface area contributed by atoms with Gasteiger partial charge in [0.25, 0.3) is 0 Å². The molecular formula is C28H28ClFN2O4. The molecule has 3 aromatic rings. The summed E-state index contributed by atoms with van der Waals surface area (Å²) >= 11 is 5.70. The summed E-state index contributed by atoms with van der Waals surface area (Å²) in [6.45, 7) is 1.49. The van der Waals surface area contributed by atoms with Gasteiger partial charge in [-0.3, -0.25) is 14.7 Å². The number of halogens is 2. The number of fused-ring (bicyclic) bond motifs is 1. The van der Waals surface area contributed by atoms with Gasteiger partial charge in [-0.2, -0.15) is 0 Å². The maximum absolute atomic E-state index is 13.6. The summed E-state index contributed by atoms with van der Waals surface area (Å²) in [4.78, 5) is 18.4. The molecule has 1 fully saturated rings. The van der Waals surface area contributed by atoms with Gasteiger partial charge in [-0.15, -0.1) is 0 Å². The lowest BCUT2D eigenvalue weighted by Gasteiger charge is -2.36. The molecule has 2 heterocycles. The monoisotopic (exact) mass is 510 g/mol. The second-order valence-corrected chi connectivity index (χ2v) is 9.44. The molecular weight excluding hydrogens is 483 g/mol. The largest absolute Gasteiger partial charge is 0.497 e. The minimum Gasteiger partial charge on any atom is -0.497 e. The van der Waals surface area contributed by atoms with Crippen LogP contribution in [0.3, 0.4) is 0 Å². The number of pyridine rings is 1. The third kappa shape index (κ3) is 6.14. The molecule has 8 heteroatoms. The van der Waals surface area contributed by atoms with Gasteiger partial charge in [0.05, 0.1) is 36.2 Å². The van der Waals surface area contributed by atoms with Crippen molar-refractivity contribution >= 4 is 28.5 Å². The molecule has 6 nitrogen and oxygen atoms in total. The zero-order valence-electron chi connectivity index (χ0n) is 20.0. The molecule has 1 saturated heterocycles. The van der Waals surface area contributed by atoms with E-state index < -0.39 is 23.8 Å². The number of carbonyl (C=O) groups is 1. The van der Waals surface area contributed by atoms with Gasteiger partial charge in [0.2, 0.25) is 0 Å². The van der Waals surface area contributed by atoms with Crippen molar-refractivity contribution in [1.29, 1.82) is 0 Å². The fourth-order valence-corrected chi connectivity index (χ4v) is 4.87. The van der Waals surface area contributed by atoms with Crippen LogP contribution in [-0.2, 0) is 4.79 Å². The number of hydrogen-bond acceptors (Lipinski definition) is 5. The number of piperidine rings is 1. The fraction of sp³-hybridized carbons (Fsp3) is 0.357. The normalized spacial score (nSPS) is 18.9. The van der Waals surface area contributed by atoms with Crippen LogP contribution in [0.25, 0.3) is 10.9 Å². The summed E-state index contributed by atoms with van der Waals surface area (Å²) in [5, 5.41) is 21.7. The van der Waals surface area contributed by atoms with Crippen LogP contribution in [0.1, 0.15) is 36.5 Å². The average molecular weight is 511 g/mol. The van der Waals surface area contributed by atoms with Crippen LogP contribution in [0.5, 0.6) is 5.75 Å². The van der Waals surface area contributed by atoms with Crippen LogP contribution < -0.4 is 4.74 Å². The summed E-state index contributed by atoms with van der Waals surface area (Å²) in [5.41, 5.74) is 2.06. The van der Waals surface area contributed by atoms with E-state index in [0.29, 0.717) is 50.2 Å². The molecule has 4 rings (SSSR count). The van der Waals surface area contributed by atoms with Gasteiger partial charge in [0, 0.05) is 23.7 Å². The van der Waals surface area contributed by atoms with Crippen LogP contribution in [0, 0.1) is 29.5 Å². The molecule has 1 aliphatic heterocycles. The third-order valence-corrected chi connectivity index (χ3v) is 7.07. The van der Waals surface area contributed by atoms with Crippen LogP contribution in [0.4, 0.5) is 4.39 Å². The smallest absolute Gasteiger partial charge is 0.308 e. The zero-order chi connectivity index (χ0) is 25.7. The van der Waals surface area contributed by atoms with Crippen molar-refractivity contribution < 1.29 is 24.1 Å². The van der Waals surface area contributed by atoms with E-state index in [1.54, 1.807) is 25.4 Å². The van der Waals surface area contributed by atoms with Crippen molar-refractivity contribution in [2.24, 2.45) is 11.8 Å². The van der Waals surface area contributed by atoms with Crippen LogP contribution in [-0.4, -0.2) is 52.8 Å². The van der Waals surface area contributed by atoms with Crippen LogP contribution in [0.15, 0.2) is 48.7 Å². The van der Waals surface area contributed by atoms with E-state index in [-0.39, 0.29) is 10.9 Å². The Hall–Kier alpha value is -3.18. The number of rotatable bonds is 7. The number of benzene rings is 2. The first kappa shape index (κ1) is 25.9. The van der Waals surface area contributed by atoms with Gasteiger partial charge < -0.3 is 14.9 Å². The van der Waals surface area contributed by atoms with E-state index in [0.717, 1.165) is 16.5 Å². The standard InChI is InChI=1S/C28H28ClFN2O4/c1-36-20-6-8-26-22(16-20)21(10-12-31-26)27(33)9-5-19-11-14-32(17-23(19)28(34)35)13-2-3-18-4-7-24(29)25(30)15-18/h4,6-8,10,12,15-16,19,23,27,33H,5,9,11,13-14,17H2,1H3,(H,34,35)/t19-,23+,27?/m1/s1. The van der Waals surface area contributed by atoms with Gasteiger partial charge in [0.1, 0.15) is 11.6 Å². The fourth-order valence-electron chi connectivity index (χ4n) is 4.76. The molecule has 2 N–H and O–H groups in total. The van der Waals surface area contributed by atoms with Crippen molar-refractivity contribution in [2.45, 2.75) is 25.4 Å². The van der Waals surface area contributed by atoms with E-state index in [1.807, 2.05) is 23.1 Å². The van der Waals surface area contributed by atoms with Gasteiger partial charge in [-0.25, -0.2) is 4.39 Å². The molecule has 188 valence electrons. The Morgan fingerprint density at radius 1 is 1.31 bits per heavy atom. The number of hydrogen-bond donors (Lipinski definition) is 2. The molecule has 3 atom stereocenters. The van der Waals surface area contributed by atoms with Crippen molar-refractivity contribution in [3.05, 3.63) is 70.6 Å². The van der Waals surface area contributed by atoms with Crippen molar-refractivity contribution in [1.82, 2.24) is 9.88 Å². The Labute approximate surface area is 214 Å². The summed E-state index contributed by atoms with van der Waals surface area (Å²) in [5.74, 6) is 4.65. The minimum absolute atomic E-state index is 0.0469. The maximum Gasteiger partial charge on any atom is 0.308 e. The van der Waals surface area contributed by atoms with Gasteiger partial charge in [-0.1, -0.05) is 23.4 Å². The minimum atomic E-state index is -0.842. The van der Waals surface area contributed by atoms with E-state index in [4.69, 9.17) is 16.3 Å². The lowest BCUT2D eigenvalue weighted by Crippen LogP contribution is -2.44. The summed E-state index contributed by atoms with van der Waals surface area (Å²) in [6.07, 6.45) is 2.68. The Morgan fingerprint density at radius 3 is 2.89 bits per heavy atom. The molecule has 1 aromatic heterocycles. The molecule has 0 aliphatic carbocycles. The van der Waals surface area contributed by atoms with Gasteiger partial charge in [0.15, 0.2) is 0 Å². The molecule has 0 spiro atoms. The van der Waals surface area contributed by atoms with Crippen molar-refractivity contribution in [3.8, 4) is 17.6 Å². The highest BCUT2D eigenvalue weighted by Gasteiger charge is 2.34. The number of carboxylic acid groups (broad SMARTS) is 1. The first-order chi connectivity index (χ1) is 17.4. The summed E-state index contributed by atoms with van der Waals surface area (Å²) in [6, 6.07) is 11.7. The van der Waals surface area contributed by atoms with E-state index in [9.17, 15) is 19.4 Å². The maximum atomic E-state index is 13.6. The topological polar surface area (TPSA) is 82.9 Å². The predicted molar refractivity (Wildman–Crippen MR) is 136 cm³/mol. The Kier molecular flexibility index (Phi) is 8.42. The summed E-state index contributed by atoms with van der Waals surface area (Å²) in [7, 11) is 1.59. The van der Waals surface area contributed by atoms with E-state index in [2.05, 4.69) is 16.8 Å². The average Bonchev–Trinajstić information content (AvgIpc) is 2.88. The number of ether oxygens (including phenoxy) is 1. The Bertz CT molecular complexity index is 1310. The molecule has 0 radical (unpaired) electrons. The molecule has 1 aliphatic rings. The number of likely N-dealkylation sites (tertiary alicyclic amines) is 1. The highest BCUT2D eigenvalue weighted by Crippen LogP contribution is 2.33. The molecule has 1 unspecified atom stereocenters. The molecule has 0 saturated carbocycles. The van der Waals surface area contributed by atoms with Gasteiger partial charge >= 0.3 is 5.97 Å². The quantitative estimate of drug-likeness (QED) is 0.439. The lowest BCUT2D eigenvalue weighted by atomic mass is 9.81. The summed E-state index contributed by atoms with van der Waals surface area (Å²) < 4.78 is 18.9. The molecule has 0 amide bonds. The number of carboxylic acids is 1. The van der Waals surface area contributed by atoms with Gasteiger partial charge in [-0.05, 0) is 79.8 Å². The number of aromatic nitrogens is 1. The Morgan fingerprint density at radius 2 is 2.14 bits per heavy atom. The number of methoxy groups -OCH3 is 1. The van der Waals surface area contributed by atoms with Crippen LogP contribution >= 0.6 is 11.6 Å². The second-order valence-electron chi connectivity index (χ2n) is 9.04. The van der Waals surface area contributed by atoms with Crippen LogP contribution in [0.2, 0.25) is 5.02 Å². The number of aliphatic carboxylic acids is 1. The van der Waals surface area contributed by atoms with E-state index >= 15 is 0 Å². The number of nitrogens with zero attached hydrogens (tertiary/aromatic N) is 2. The molecule has 2 aromatic carbocycles. The number of aliphatic hydroxyl groups excluding tert-OH is 1. The second kappa shape index (κ2) is 11.7. The third-order valence-electron chi connectivity index (χ3n) is 6.76. The highest BCUT2D eigenvalue weighted by molar-refractivity contribution is 6.30. The van der Waals surface area contributed by atoms with E-state index in [1.165, 1.54) is 12.1 Å². The predicted octanol–water partition coefficient (Wildman–Crippen LogP) is 4.92. The number of aliphatic hydroxyl groups is 1. The first-order valence-corrected chi connectivity index (χ1v) is 12.2. The molecule has 36 heavy (non-hydrogen) atoms. The first-order valence-electron chi connectivity index (χ1n) is 11.9. The highest BCUT2D eigenvalue weighted by atomic mass is 35.5. The molecule has 0 bridgehead atoms. The SMILES string of the molecule is COc1ccc2nccc(C(O)CC[C@@H]3CCN(CC#Cc4ccc(Cl)c(F)c4)C[C@@H]3C(=O)O)c2c1. The van der Waals surface area contributed by atoms with Crippen molar-refractivity contribution in [3.63, 3.8) is 0 Å². The van der Waals surface area contributed by atoms with Crippen molar-refractivity contribution in [2.75, 3.05) is 26.7 Å².